The molecule has 0 saturated carbocycles. The van der Waals surface area contributed by atoms with Gasteiger partial charge in [0, 0.05) is 17.2 Å². The smallest absolute Gasteiger partial charge is 0.234 e. The largest absolute Gasteiger partial charge is 0.490 e. The van der Waals surface area contributed by atoms with Crippen LogP contribution < -0.4 is 14.4 Å². The van der Waals surface area contributed by atoms with Crippen molar-refractivity contribution in [3.05, 3.63) is 52.0 Å². The third kappa shape index (κ3) is 3.52. The van der Waals surface area contributed by atoms with Gasteiger partial charge in [0.1, 0.15) is 0 Å². The van der Waals surface area contributed by atoms with E-state index in [1.165, 1.54) is 0 Å². The van der Waals surface area contributed by atoms with E-state index in [1.807, 2.05) is 57.3 Å². The molecule has 1 heterocycles. The molecule has 0 fully saturated rings. The lowest BCUT2D eigenvalue weighted by Crippen LogP contribution is -2.24. The van der Waals surface area contributed by atoms with Gasteiger partial charge in [0.2, 0.25) is 5.91 Å². The summed E-state index contributed by atoms with van der Waals surface area (Å²) in [4.78, 5) is 14.5. The molecule has 0 aliphatic carbocycles. The number of rotatable bonds is 6. The molecule has 0 spiro atoms. The molecule has 5 heteroatoms. The lowest BCUT2D eigenvalue weighted by molar-refractivity contribution is -0.119. The van der Waals surface area contributed by atoms with Gasteiger partial charge in [-0.3, -0.25) is 4.79 Å². The van der Waals surface area contributed by atoms with Crippen LogP contribution in [0.15, 0.2) is 40.9 Å². The quantitative estimate of drug-likeness (QED) is 0.709. The summed E-state index contributed by atoms with van der Waals surface area (Å²) in [5, 5.41) is 0. The van der Waals surface area contributed by atoms with E-state index in [2.05, 4.69) is 15.9 Å². The van der Waals surface area contributed by atoms with Crippen LogP contribution in [0, 0.1) is 0 Å². The monoisotopic (exact) mass is 403 g/mol. The Morgan fingerprint density at radius 3 is 2.48 bits per heavy atom. The van der Waals surface area contributed by atoms with Crippen molar-refractivity contribution in [1.82, 2.24) is 0 Å². The second-order valence-corrected chi connectivity index (χ2v) is 6.92. The van der Waals surface area contributed by atoms with Crippen molar-refractivity contribution in [3.63, 3.8) is 0 Å². The Morgan fingerprint density at radius 1 is 1.04 bits per heavy atom. The zero-order valence-electron chi connectivity index (χ0n) is 14.7. The van der Waals surface area contributed by atoms with Gasteiger partial charge in [0.15, 0.2) is 11.5 Å². The minimum absolute atomic E-state index is 0.125. The van der Waals surface area contributed by atoms with Gasteiger partial charge in [-0.1, -0.05) is 22.0 Å². The standard InChI is InChI=1S/C20H22BrNO3/c1-4-24-18-9-6-13(11-19(18)25-5-2)10-16-15-12-14(21)7-8-17(15)22(3)20(16)23/h6-9,11-12,16H,4-5,10H2,1-3H3/t16-/m0/s1. The summed E-state index contributed by atoms with van der Waals surface area (Å²) < 4.78 is 12.3. The van der Waals surface area contributed by atoms with Crippen molar-refractivity contribution in [2.75, 3.05) is 25.2 Å². The van der Waals surface area contributed by atoms with Crippen LogP contribution in [0.2, 0.25) is 0 Å². The van der Waals surface area contributed by atoms with Gasteiger partial charge < -0.3 is 14.4 Å². The lowest BCUT2D eigenvalue weighted by atomic mass is 9.93. The Morgan fingerprint density at radius 2 is 1.76 bits per heavy atom. The molecule has 0 radical (unpaired) electrons. The van der Waals surface area contributed by atoms with Crippen LogP contribution in [0.1, 0.15) is 30.9 Å². The highest BCUT2D eigenvalue weighted by Crippen LogP contribution is 2.40. The number of hydrogen-bond acceptors (Lipinski definition) is 3. The first-order valence-electron chi connectivity index (χ1n) is 8.50. The van der Waals surface area contributed by atoms with E-state index in [1.54, 1.807) is 4.90 Å². The Kier molecular flexibility index (Phi) is 5.33. The van der Waals surface area contributed by atoms with Crippen LogP contribution in [0.5, 0.6) is 11.5 Å². The second-order valence-electron chi connectivity index (χ2n) is 6.00. The zero-order chi connectivity index (χ0) is 18.0. The second kappa shape index (κ2) is 7.48. The number of nitrogens with zero attached hydrogens (tertiary/aromatic N) is 1. The maximum Gasteiger partial charge on any atom is 0.234 e. The average Bonchev–Trinajstić information content (AvgIpc) is 2.82. The summed E-state index contributed by atoms with van der Waals surface area (Å²) in [5.41, 5.74) is 3.11. The molecule has 2 aromatic carbocycles. The van der Waals surface area contributed by atoms with E-state index >= 15 is 0 Å². The summed E-state index contributed by atoms with van der Waals surface area (Å²) in [6, 6.07) is 11.9. The Hall–Kier alpha value is -2.01. The Bertz CT molecular complexity index is 791. The van der Waals surface area contributed by atoms with Gasteiger partial charge in [-0.15, -0.1) is 0 Å². The van der Waals surface area contributed by atoms with Crippen LogP contribution >= 0.6 is 15.9 Å². The predicted octanol–water partition coefficient (Wildman–Crippen LogP) is 4.55. The number of anilines is 1. The first-order valence-corrected chi connectivity index (χ1v) is 9.30. The maximum atomic E-state index is 12.7. The fourth-order valence-corrected chi connectivity index (χ4v) is 3.63. The lowest BCUT2D eigenvalue weighted by Gasteiger charge is -2.15. The number of ether oxygens (including phenoxy) is 2. The third-order valence-corrected chi connectivity index (χ3v) is 4.90. The molecule has 1 atom stereocenters. The van der Waals surface area contributed by atoms with Gasteiger partial charge in [0.25, 0.3) is 0 Å². The first-order chi connectivity index (χ1) is 12.0. The SMILES string of the molecule is CCOc1ccc(C[C@@H]2C(=O)N(C)c3ccc(Br)cc32)cc1OCC. The van der Waals surface area contributed by atoms with Crippen molar-refractivity contribution >= 4 is 27.5 Å². The van der Waals surface area contributed by atoms with Gasteiger partial charge in [0.05, 0.1) is 19.1 Å². The number of amides is 1. The number of carbonyl (C=O) groups is 1. The van der Waals surface area contributed by atoms with E-state index in [-0.39, 0.29) is 11.8 Å². The van der Waals surface area contributed by atoms with E-state index < -0.39 is 0 Å². The Labute approximate surface area is 156 Å². The van der Waals surface area contributed by atoms with E-state index in [0.29, 0.717) is 19.6 Å². The molecular formula is C20H22BrNO3. The van der Waals surface area contributed by atoms with Crippen molar-refractivity contribution < 1.29 is 14.3 Å². The molecule has 132 valence electrons. The fraction of sp³-hybridized carbons (Fsp3) is 0.350. The zero-order valence-corrected chi connectivity index (χ0v) is 16.3. The highest BCUT2D eigenvalue weighted by Gasteiger charge is 2.35. The minimum atomic E-state index is -0.176. The molecular weight excluding hydrogens is 382 g/mol. The summed E-state index contributed by atoms with van der Waals surface area (Å²) in [7, 11) is 1.83. The Balaban J connectivity index is 1.91. The first kappa shape index (κ1) is 17.8. The summed E-state index contributed by atoms with van der Waals surface area (Å²) in [5.74, 6) is 1.42. The van der Waals surface area contributed by atoms with E-state index in [0.717, 1.165) is 32.8 Å². The number of likely N-dealkylation sites (N-methyl/N-ethyl adjacent to an activating group) is 1. The molecule has 0 bridgehead atoms. The summed E-state index contributed by atoms with van der Waals surface area (Å²) >= 11 is 3.51. The molecule has 0 saturated heterocycles. The number of fused-ring (bicyclic) bond motifs is 1. The topological polar surface area (TPSA) is 38.8 Å². The number of halogens is 1. The highest BCUT2D eigenvalue weighted by molar-refractivity contribution is 9.10. The molecule has 1 amide bonds. The molecule has 0 aromatic heterocycles. The summed E-state index contributed by atoms with van der Waals surface area (Å²) in [6.07, 6.45) is 0.638. The molecule has 1 aliphatic heterocycles. The van der Waals surface area contributed by atoms with E-state index in [4.69, 9.17) is 9.47 Å². The van der Waals surface area contributed by atoms with Gasteiger partial charge in [-0.2, -0.15) is 0 Å². The van der Waals surface area contributed by atoms with Crippen molar-refractivity contribution in [1.29, 1.82) is 0 Å². The molecule has 3 rings (SSSR count). The molecule has 2 aromatic rings. The van der Waals surface area contributed by atoms with Crippen LogP contribution in [0.3, 0.4) is 0 Å². The van der Waals surface area contributed by atoms with Crippen LogP contribution in [0.25, 0.3) is 0 Å². The minimum Gasteiger partial charge on any atom is -0.490 e. The number of carbonyl (C=O) groups excluding carboxylic acids is 1. The average molecular weight is 404 g/mol. The fourth-order valence-electron chi connectivity index (χ4n) is 3.25. The van der Waals surface area contributed by atoms with Crippen LogP contribution in [-0.2, 0) is 11.2 Å². The van der Waals surface area contributed by atoms with Crippen LogP contribution in [0.4, 0.5) is 5.69 Å². The van der Waals surface area contributed by atoms with Crippen molar-refractivity contribution in [3.8, 4) is 11.5 Å². The highest BCUT2D eigenvalue weighted by atomic mass is 79.9. The van der Waals surface area contributed by atoms with Crippen molar-refractivity contribution in [2.45, 2.75) is 26.2 Å². The van der Waals surface area contributed by atoms with Crippen LogP contribution in [-0.4, -0.2) is 26.2 Å². The molecule has 0 unspecified atom stereocenters. The maximum absolute atomic E-state index is 12.7. The predicted molar refractivity (Wildman–Crippen MR) is 103 cm³/mol. The molecule has 0 N–H and O–H groups in total. The molecule has 1 aliphatic rings. The van der Waals surface area contributed by atoms with Gasteiger partial charge in [-0.25, -0.2) is 0 Å². The van der Waals surface area contributed by atoms with Gasteiger partial charge in [-0.05, 0) is 61.7 Å². The summed E-state index contributed by atoms with van der Waals surface area (Å²) in [6.45, 7) is 5.06. The third-order valence-electron chi connectivity index (χ3n) is 4.40. The van der Waals surface area contributed by atoms with E-state index in [9.17, 15) is 4.79 Å². The number of hydrogen-bond donors (Lipinski definition) is 0. The molecule has 25 heavy (non-hydrogen) atoms. The van der Waals surface area contributed by atoms with Crippen molar-refractivity contribution in [2.24, 2.45) is 0 Å². The molecule has 4 nitrogen and oxygen atoms in total. The van der Waals surface area contributed by atoms with Gasteiger partial charge >= 0.3 is 0 Å². The number of benzene rings is 2. The normalized spacial score (nSPS) is 16.1.